The van der Waals surface area contributed by atoms with Gasteiger partial charge in [-0.1, -0.05) is 34.1 Å². The van der Waals surface area contributed by atoms with Gasteiger partial charge in [0, 0.05) is 6.54 Å². The van der Waals surface area contributed by atoms with Crippen LogP contribution in [0.4, 0.5) is 0 Å². The van der Waals surface area contributed by atoms with Gasteiger partial charge in [0.1, 0.15) is 0 Å². The summed E-state index contributed by atoms with van der Waals surface area (Å²) in [5.41, 5.74) is 6.02. The van der Waals surface area contributed by atoms with Crippen molar-refractivity contribution in [1.82, 2.24) is 4.90 Å². The second kappa shape index (κ2) is 8.08. The Kier molecular flexibility index (Phi) is 8.04. The molecule has 0 heterocycles. The normalized spacial score (nSPS) is 14.4. The highest BCUT2D eigenvalue weighted by molar-refractivity contribution is 4.67. The fourth-order valence-corrected chi connectivity index (χ4v) is 2.33. The van der Waals surface area contributed by atoms with Crippen molar-refractivity contribution in [1.29, 1.82) is 0 Å². The number of rotatable bonds is 8. The standard InChI is InChI=1S/C14H32N2/c1-6-13(9-10-15)8-7-11-16(5)12-14(2,3)4/h13H,6-12,15H2,1-5H3. The molecule has 98 valence electrons. The van der Waals surface area contributed by atoms with Gasteiger partial charge < -0.3 is 10.6 Å². The second-order valence-electron chi connectivity index (χ2n) is 6.29. The minimum atomic E-state index is 0.413. The van der Waals surface area contributed by atoms with E-state index in [1.165, 1.54) is 38.8 Å². The summed E-state index contributed by atoms with van der Waals surface area (Å²) in [7, 11) is 2.23. The topological polar surface area (TPSA) is 29.3 Å². The first-order chi connectivity index (χ1) is 7.39. The molecule has 0 aromatic heterocycles. The van der Waals surface area contributed by atoms with E-state index in [2.05, 4.69) is 39.6 Å². The zero-order valence-electron chi connectivity index (χ0n) is 12.1. The van der Waals surface area contributed by atoms with E-state index in [0.29, 0.717) is 5.41 Å². The summed E-state index contributed by atoms with van der Waals surface area (Å²) in [5.74, 6) is 0.841. The van der Waals surface area contributed by atoms with E-state index in [9.17, 15) is 0 Å². The molecule has 0 aliphatic rings. The number of hydrogen-bond acceptors (Lipinski definition) is 2. The molecule has 0 amide bonds. The summed E-state index contributed by atoms with van der Waals surface area (Å²) in [6, 6.07) is 0. The monoisotopic (exact) mass is 228 g/mol. The van der Waals surface area contributed by atoms with Crippen LogP contribution in [0.5, 0.6) is 0 Å². The van der Waals surface area contributed by atoms with Gasteiger partial charge >= 0.3 is 0 Å². The molecule has 0 rings (SSSR count). The van der Waals surface area contributed by atoms with Crippen LogP contribution in [0, 0.1) is 11.3 Å². The summed E-state index contributed by atoms with van der Waals surface area (Å²) in [6.45, 7) is 12.4. The second-order valence-corrected chi connectivity index (χ2v) is 6.29. The van der Waals surface area contributed by atoms with Crippen molar-refractivity contribution in [3.63, 3.8) is 0 Å². The molecule has 0 saturated carbocycles. The van der Waals surface area contributed by atoms with Crippen LogP contribution in [-0.2, 0) is 0 Å². The Morgan fingerprint density at radius 1 is 1.19 bits per heavy atom. The Morgan fingerprint density at radius 2 is 1.81 bits per heavy atom. The molecule has 2 nitrogen and oxygen atoms in total. The summed E-state index contributed by atoms with van der Waals surface area (Å²) in [6.07, 6.45) is 5.12. The van der Waals surface area contributed by atoms with Gasteiger partial charge in [-0.15, -0.1) is 0 Å². The smallest absolute Gasteiger partial charge is 0.00270 e. The van der Waals surface area contributed by atoms with Gasteiger partial charge in [-0.05, 0) is 50.7 Å². The maximum atomic E-state index is 5.61. The van der Waals surface area contributed by atoms with E-state index in [-0.39, 0.29) is 0 Å². The van der Waals surface area contributed by atoms with Gasteiger partial charge in [-0.2, -0.15) is 0 Å². The van der Waals surface area contributed by atoms with Gasteiger partial charge in [-0.3, -0.25) is 0 Å². The lowest BCUT2D eigenvalue weighted by atomic mass is 9.95. The van der Waals surface area contributed by atoms with Crippen LogP contribution in [0.15, 0.2) is 0 Å². The molecule has 0 fully saturated rings. The molecule has 0 bridgehead atoms. The van der Waals surface area contributed by atoms with Crippen molar-refractivity contribution in [3.05, 3.63) is 0 Å². The van der Waals surface area contributed by atoms with Crippen molar-refractivity contribution in [3.8, 4) is 0 Å². The van der Waals surface area contributed by atoms with E-state index >= 15 is 0 Å². The van der Waals surface area contributed by atoms with Gasteiger partial charge in [-0.25, -0.2) is 0 Å². The quantitative estimate of drug-likeness (QED) is 0.691. The van der Waals surface area contributed by atoms with Gasteiger partial charge in [0.15, 0.2) is 0 Å². The molecule has 0 spiro atoms. The first-order valence-corrected chi connectivity index (χ1v) is 6.77. The lowest BCUT2D eigenvalue weighted by Gasteiger charge is -2.27. The van der Waals surface area contributed by atoms with E-state index in [1.54, 1.807) is 0 Å². The molecule has 0 radical (unpaired) electrons. The third-order valence-electron chi connectivity index (χ3n) is 3.05. The van der Waals surface area contributed by atoms with Gasteiger partial charge in [0.05, 0.1) is 0 Å². The predicted octanol–water partition coefficient (Wildman–Crippen LogP) is 3.12. The largest absolute Gasteiger partial charge is 0.330 e. The first kappa shape index (κ1) is 15.9. The Morgan fingerprint density at radius 3 is 2.25 bits per heavy atom. The SMILES string of the molecule is CCC(CCN)CCCN(C)CC(C)(C)C. The maximum absolute atomic E-state index is 5.61. The number of nitrogens with two attached hydrogens (primary N) is 1. The predicted molar refractivity (Wildman–Crippen MR) is 73.6 cm³/mol. The average molecular weight is 228 g/mol. The summed E-state index contributed by atoms with van der Waals surface area (Å²) >= 11 is 0. The fourth-order valence-electron chi connectivity index (χ4n) is 2.33. The third-order valence-corrected chi connectivity index (χ3v) is 3.05. The highest BCUT2D eigenvalue weighted by Gasteiger charge is 2.13. The molecule has 0 aliphatic heterocycles. The van der Waals surface area contributed by atoms with Crippen molar-refractivity contribution in [2.75, 3.05) is 26.7 Å². The molecule has 0 aliphatic carbocycles. The van der Waals surface area contributed by atoms with Crippen LogP contribution >= 0.6 is 0 Å². The Labute approximate surface area is 103 Å². The van der Waals surface area contributed by atoms with E-state index in [0.717, 1.165) is 12.5 Å². The Balaban J connectivity index is 3.63. The van der Waals surface area contributed by atoms with Crippen LogP contribution in [0.3, 0.4) is 0 Å². The summed E-state index contributed by atoms with van der Waals surface area (Å²) in [5, 5.41) is 0. The van der Waals surface area contributed by atoms with E-state index in [4.69, 9.17) is 5.73 Å². The minimum absolute atomic E-state index is 0.413. The average Bonchev–Trinajstić information content (AvgIpc) is 2.13. The third kappa shape index (κ3) is 9.17. The van der Waals surface area contributed by atoms with E-state index in [1.807, 2.05) is 0 Å². The summed E-state index contributed by atoms with van der Waals surface area (Å²) < 4.78 is 0. The zero-order valence-corrected chi connectivity index (χ0v) is 12.1. The Bertz CT molecular complexity index is 161. The van der Waals surface area contributed by atoms with Crippen molar-refractivity contribution in [2.45, 2.75) is 53.4 Å². The number of hydrogen-bond donors (Lipinski definition) is 1. The molecule has 0 aromatic rings. The zero-order chi connectivity index (χ0) is 12.6. The lowest BCUT2D eigenvalue weighted by Crippen LogP contribution is -2.30. The van der Waals surface area contributed by atoms with Crippen molar-refractivity contribution >= 4 is 0 Å². The van der Waals surface area contributed by atoms with Gasteiger partial charge in [0.2, 0.25) is 0 Å². The molecule has 2 heteroatoms. The molecule has 1 atom stereocenters. The number of nitrogens with zero attached hydrogens (tertiary/aromatic N) is 1. The van der Waals surface area contributed by atoms with Crippen LogP contribution in [0.1, 0.15) is 53.4 Å². The van der Waals surface area contributed by atoms with Crippen LogP contribution in [-0.4, -0.2) is 31.6 Å². The van der Waals surface area contributed by atoms with Crippen LogP contribution < -0.4 is 5.73 Å². The van der Waals surface area contributed by atoms with E-state index < -0.39 is 0 Å². The van der Waals surface area contributed by atoms with Gasteiger partial charge in [0.25, 0.3) is 0 Å². The molecule has 0 aromatic carbocycles. The molecular weight excluding hydrogens is 196 g/mol. The Hall–Kier alpha value is -0.0800. The molecule has 2 N–H and O–H groups in total. The van der Waals surface area contributed by atoms with Crippen LogP contribution in [0.2, 0.25) is 0 Å². The first-order valence-electron chi connectivity index (χ1n) is 6.77. The van der Waals surface area contributed by atoms with Crippen molar-refractivity contribution < 1.29 is 0 Å². The molecule has 16 heavy (non-hydrogen) atoms. The highest BCUT2D eigenvalue weighted by Crippen LogP contribution is 2.17. The maximum Gasteiger partial charge on any atom is 0.00270 e. The highest BCUT2D eigenvalue weighted by atomic mass is 15.1. The molecule has 1 unspecified atom stereocenters. The lowest BCUT2D eigenvalue weighted by molar-refractivity contribution is 0.219. The molecular formula is C14H32N2. The minimum Gasteiger partial charge on any atom is -0.330 e. The van der Waals surface area contributed by atoms with Crippen LogP contribution in [0.25, 0.3) is 0 Å². The fraction of sp³-hybridized carbons (Fsp3) is 1.00. The molecule has 0 saturated heterocycles. The van der Waals surface area contributed by atoms with Crippen molar-refractivity contribution in [2.24, 2.45) is 17.1 Å². The summed E-state index contributed by atoms with van der Waals surface area (Å²) in [4.78, 5) is 2.45.